The van der Waals surface area contributed by atoms with Crippen LogP contribution < -0.4 is 20.3 Å². The number of aliphatic hydroxyl groups excluding tert-OH is 1. The number of benzene rings is 2. The molecule has 25 heavy (non-hydrogen) atoms. The van der Waals surface area contributed by atoms with Crippen molar-refractivity contribution in [2.24, 2.45) is 0 Å². The fourth-order valence-electron chi connectivity index (χ4n) is 2.18. The van der Waals surface area contributed by atoms with Gasteiger partial charge in [-0.05, 0) is 24.3 Å². The number of amides is 2. The molecule has 134 valence electrons. The topological polar surface area (TPSA) is 73.8 Å². The summed E-state index contributed by atoms with van der Waals surface area (Å²) in [7, 11) is 1.72. The van der Waals surface area contributed by atoms with Gasteiger partial charge in [0.05, 0.1) is 0 Å². The molecule has 2 aromatic carbocycles. The van der Waals surface area contributed by atoms with Crippen molar-refractivity contribution in [3.63, 3.8) is 0 Å². The average Bonchev–Trinajstić information content (AvgIpc) is 2.67. The van der Waals surface area contributed by atoms with Crippen LogP contribution in [-0.2, 0) is 0 Å². The normalized spacial score (nSPS) is 11.6. The van der Waals surface area contributed by atoms with Gasteiger partial charge >= 0.3 is 6.03 Å². The van der Waals surface area contributed by atoms with Gasteiger partial charge in [-0.25, -0.2) is 4.79 Å². The third-order valence-electron chi connectivity index (χ3n) is 3.59. The Hall–Kier alpha value is -2.57. The van der Waals surface area contributed by atoms with Crippen LogP contribution in [0.1, 0.15) is 0 Å². The first-order valence-electron chi connectivity index (χ1n) is 8.30. The standard InChI is InChI=1S/C19H25N3O3/c1-22(16-8-4-2-5-9-16)19(24)21-13-12-20-14-17(23)15-25-18-10-6-3-7-11-18/h2-11,17,20,23H,12-15H2,1H3,(H,21,24). The van der Waals surface area contributed by atoms with E-state index >= 15 is 0 Å². The molecule has 1 atom stereocenters. The Morgan fingerprint density at radius 1 is 1.08 bits per heavy atom. The maximum atomic E-state index is 12.0. The van der Waals surface area contributed by atoms with Gasteiger partial charge in [0.2, 0.25) is 0 Å². The van der Waals surface area contributed by atoms with Crippen LogP contribution in [0.3, 0.4) is 0 Å². The van der Waals surface area contributed by atoms with Gasteiger partial charge in [-0.1, -0.05) is 36.4 Å². The summed E-state index contributed by atoms with van der Waals surface area (Å²) in [4.78, 5) is 13.6. The van der Waals surface area contributed by atoms with Crippen LogP contribution in [0.5, 0.6) is 5.75 Å². The molecule has 2 rings (SSSR count). The predicted molar refractivity (Wildman–Crippen MR) is 99.1 cm³/mol. The number of hydrogen-bond acceptors (Lipinski definition) is 4. The average molecular weight is 343 g/mol. The Kier molecular flexibility index (Phi) is 7.75. The largest absolute Gasteiger partial charge is 0.491 e. The Bertz CT molecular complexity index is 622. The molecule has 2 aromatic rings. The van der Waals surface area contributed by atoms with Gasteiger partial charge < -0.3 is 20.5 Å². The smallest absolute Gasteiger partial charge is 0.321 e. The first-order valence-corrected chi connectivity index (χ1v) is 8.30. The minimum atomic E-state index is -0.608. The lowest BCUT2D eigenvalue weighted by Gasteiger charge is -2.18. The van der Waals surface area contributed by atoms with Gasteiger partial charge in [0.1, 0.15) is 18.5 Å². The molecule has 6 nitrogen and oxygen atoms in total. The molecule has 0 aliphatic carbocycles. The second-order valence-corrected chi connectivity index (χ2v) is 5.61. The van der Waals surface area contributed by atoms with Gasteiger partial charge in [0, 0.05) is 32.4 Å². The Labute approximate surface area is 148 Å². The molecule has 0 saturated carbocycles. The van der Waals surface area contributed by atoms with Crippen molar-refractivity contribution in [1.29, 1.82) is 0 Å². The molecule has 3 N–H and O–H groups in total. The van der Waals surface area contributed by atoms with Crippen molar-refractivity contribution in [2.75, 3.05) is 38.2 Å². The molecule has 0 aromatic heterocycles. The highest BCUT2D eigenvalue weighted by Gasteiger charge is 2.09. The number of anilines is 1. The SMILES string of the molecule is CN(C(=O)NCCNCC(O)COc1ccccc1)c1ccccc1. The number of carbonyl (C=O) groups excluding carboxylic acids is 1. The molecule has 0 aliphatic rings. The number of rotatable bonds is 9. The number of carbonyl (C=O) groups is 1. The number of aliphatic hydroxyl groups is 1. The summed E-state index contributed by atoms with van der Waals surface area (Å²) in [6, 6.07) is 18.6. The van der Waals surface area contributed by atoms with E-state index in [4.69, 9.17) is 4.74 Å². The van der Waals surface area contributed by atoms with Crippen LogP contribution in [-0.4, -0.2) is 50.5 Å². The Morgan fingerprint density at radius 2 is 1.72 bits per heavy atom. The maximum absolute atomic E-state index is 12.0. The first-order chi connectivity index (χ1) is 12.2. The second-order valence-electron chi connectivity index (χ2n) is 5.61. The Morgan fingerprint density at radius 3 is 2.40 bits per heavy atom. The molecule has 0 bridgehead atoms. The van der Waals surface area contributed by atoms with E-state index in [1.165, 1.54) is 0 Å². The van der Waals surface area contributed by atoms with Crippen molar-refractivity contribution < 1.29 is 14.6 Å². The highest BCUT2D eigenvalue weighted by Crippen LogP contribution is 2.10. The number of nitrogens with one attached hydrogen (secondary N) is 2. The van der Waals surface area contributed by atoms with Gasteiger partial charge in [-0.2, -0.15) is 0 Å². The monoisotopic (exact) mass is 343 g/mol. The molecule has 2 amide bonds. The lowest BCUT2D eigenvalue weighted by Crippen LogP contribution is -2.41. The Balaban J connectivity index is 1.56. The lowest BCUT2D eigenvalue weighted by atomic mass is 10.3. The predicted octanol–water partition coefficient (Wildman–Crippen LogP) is 1.86. The fourth-order valence-corrected chi connectivity index (χ4v) is 2.18. The molecule has 0 saturated heterocycles. The van der Waals surface area contributed by atoms with E-state index < -0.39 is 6.10 Å². The summed E-state index contributed by atoms with van der Waals surface area (Å²) in [6.45, 7) is 1.66. The number of hydrogen-bond donors (Lipinski definition) is 3. The van der Waals surface area contributed by atoms with Crippen molar-refractivity contribution in [1.82, 2.24) is 10.6 Å². The molecule has 1 unspecified atom stereocenters. The van der Waals surface area contributed by atoms with E-state index in [0.29, 0.717) is 19.6 Å². The summed E-state index contributed by atoms with van der Waals surface area (Å²) in [5.41, 5.74) is 0.835. The summed E-state index contributed by atoms with van der Waals surface area (Å²) in [6.07, 6.45) is -0.608. The zero-order chi connectivity index (χ0) is 17.9. The molecule has 0 spiro atoms. The summed E-state index contributed by atoms with van der Waals surface area (Å²) >= 11 is 0. The van der Waals surface area contributed by atoms with E-state index in [2.05, 4.69) is 10.6 Å². The van der Waals surface area contributed by atoms with Crippen molar-refractivity contribution in [3.05, 3.63) is 60.7 Å². The molecule has 6 heteroatoms. The third kappa shape index (κ3) is 6.82. The van der Waals surface area contributed by atoms with E-state index in [-0.39, 0.29) is 12.6 Å². The summed E-state index contributed by atoms with van der Waals surface area (Å²) in [5, 5.41) is 15.8. The number of ether oxygens (including phenoxy) is 1. The van der Waals surface area contributed by atoms with Crippen molar-refractivity contribution in [3.8, 4) is 5.75 Å². The first kappa shape index (κ1) is 18.8. The summed E-state index contributed by atoms with van der Waals surface area (Å²) in [5.74, 6) is 0.734. The van der Waals surface area contributed by atoms with E-state index in [9.17, 15) is 9.90 Å². The molecular weight excluding hydrogens is 318 g/mol. The molecule has 0 radical (unpaired) electrons. The van der Waals surface area contributed by atoms with E-state index in [1.54, 1.807) is 11.9 Å². The van der Waals surface area contributed by atoms with Crippen LogP contribution in [0.25, 0.3) is 0 Å². The van der Waals surface area contributed by atoms with E-state index in [1.807, 2.05) is 60.7 Å². The van der Waals surface area contributed by atoms with Gasteiger partial charge in [-0.3, -0.25) is 4.90 Å². The van der Waals surface area contributed by atoms with Crippen LogP contribution in [0.2, 0.25) is 0 Å². The second kappa shape index (κ2) is 10.3. The third-order valence-corrected chi connectivity index (χ3v) is 3.59. The minimum Gasteiger partial charge on any atom is -0.491 e. The fraction of sp³-hybridized carbons (Fsp3) is 0.316. The van der Waals surface area contributed by atoms with Gasteiger partial charge in [-0.15, -0.1) is 0 Å². The molecular formula is C19H25N3O3. The minimum absolute atomic E-state index is 0.166. The summed E-state index contributed by atoms with van der Waals surface area (Å²) < 4.78 is 5.48. The zero-order valence-corrected chi connectivity index (χ0v) is 14.4. The maximum Gasteiger partial charge on any atom is 0.321 e. The molecule has 0 heterocycles. The van der Waals surface area contributed by atoms with Crippen LogP contribution in [0, 0.1) is 0 Å². The van der Waals surface area contributed by atoms with Crippen LogP contribution in [0.15, 0.2) is 60.7 Å². The number of nitrogens with zero attached hydrogens (tertiary/aromatic N) is 1. The van der Waals surface area contributed by atoms with Crippen LogP contribution in [0.4, 0.5) is 10.5 Å². The number of urea groups is 1. The van der Waals surface area contributed by atoms with E-state index in [0.717, 1.165) is 11.4 Å². The molecule has 0 fully saturated rings. The van der Waals surface area contributed by atoms with Gasteiger partial charge in [0.25, 0.3) is 0 Å². The van der Waals surface area contributed by atoms with Crippen molar-refractivity contribution in [2.45, 2.75) is 6.10 Å². The molecule has 0 aliphatic heterocycles. The van der Waals surface area contributed by atoms with Gasteiger partial charge in [0.15, 0.2) is 0 Å². The zero-order valence-electron chi connectivity index (χ0n) is 14.4. The highest BCUT2D eigenvalue weighted by molar-refractivity contribution is 5.91. The van der Waals surface area contributed by atoms with Crippen molar-refractivity contribution >= 4 is 11.7 Å². The lowest BCUT2D eigenvalue weighted by molar-refractivity contribution is 0.106. The highest BCUT2D eigenvalue weighted by atomic mass is 16.5. The number of para-hydroxylation sites is 2. The van der Waals surface area contributed by atoms with Crippen LogP contribution >= 0.6 is 0 Å². The quantitative estimate of drug-likeness (QED) is 0.608.